The molecule has 0 amide bonds. The van der Waals surface area contributed by atoms with Crippen LogP contribution in [0.2, 0.25) is 0 Å². The Morgan fingerprint density at radius 1 is 1.36 bits per heavy atom. The smallest absolute Gasteiger partial charge is 0.191 e. The Morgan fingerprint density at radius 2 is 2.24 bits per heavy atom. The van der Waals surface area contributed by atoms with E-state index < -0.39 is 0 Å². The Morgan fingerprint density at radius 3 is 3.00 bits per heavy atom. The van der Waals surface area contributed by atoms with Gasteiger partial charge in [-0.05, 0) is 19.8 Å². The zero-order valence-electron chi connectivity index (χ0n) is 15.0. The second kappa shape index (κ2) is 7.64. The van der Waals surface area contributed by atoms with Crippen LogP contribution in [0.4, 0.5) is 5.82 Å². The number of rotatable bonds is 6. The third-order valence-electron chi connectivity index (χ3n) is 4.39. The van der Waals surface area contributed by atoms with Gasteiger partial charge in [-0.2, -0.15) is 5.10 Å². The van der Waals surface area contributed by atoms with Gasteiger partial charge in [0, 0.05) is 40.3 Å². The summed E-state index contributed by atoms with van der Waals surface area (Å²) in [6, 6.07) is 0. The van der Waals surface area contributed by atoms with Crippen LogP contribution in [0.5, 0.6) is 0 Å². The van der Waals surface area contributed by atoms with E-state index in [9.17, 15) is 0 Å². The molecule has 136 valence electrons. The molecule has 2 aromatic rings. The third kappa shape index (κ3) is 4.16. The highest BCUT2D eigenvalue weighted by atomic mass is 16.5. The maximum atomic E-state index is 5.78. The number of ether oxygens (including phenoxy) is 1. The number of hydrogen-bond donors (Lipinski definition) is 3. The number of aliphatic imine (C=N–C) groups is 1. The lowest BCUT2D eigenvalue weighted by Gasteiger charge is -2.24. The highest BCUT2D eigenvalue weighted by Gasteiger charge is 2.29. The van der Waals surface area contributed by atoms with Gasteiger partial charge >= 0.3 is 0 Å². The normalized spacial score (nSPS) is 20.8. The van der Waals surface area contributed by atoms with Gasteiger partial charge in [0.2, 0.25) is 0 Å². The Balaban J connectivity index is 1.45. The summed E-state index contributed by atoms with van der Waals surface area (Å²) in [7, 11) is 3.63. The molecular formula is C16H26N8O. The minimum absolute atomic E-state index is 0.0945. The lowest BCUT2D eigenvalue weighted by Crippen LogP contribution is -2.46. The molecular weight excluding hydrogens is 320 g/mol. The van der Waals surface area contributed by atoms with Gasteiger partial charge in [-0.15, -0.1) is 0 Å². The quantitative estimate of drug-likeness (QED) is 0.398. The molecule has 1 atom stereocenters. The summed E-state index contributed by atoms with van der Waals surface area (Å²) >= 11 is 0. The van der Waals surface area contributed by atoms with Crippen molar-refractivity contribution in [3.05, 3.63) is 12.5 Å². The van der Waals surface area contributed by atoms with E-state index in [1.807, 2.05) is 7.05 Å². The molecule has 1 unspecified atom stereocenters. The zero-order chi connectivity index (χ0) is 17.7. The van der Waals surface area contributed by atoms with Crippen molar-refractivity contribution < 1.29 is 4.74 Å². The van der Waals surface area contributed by atoms with E-state index in [4.69, 9.17) is 4.74 Å². The highest BCUT2D eigenvalue weighted by molar-refractivity contribution is 5.86. The summed E-state index contributed by atoms with van der Waals surface area (Å²) in [5, 5.41) is 15.1. The van der Waals surface area contributed by atoms with Crippen molar-refractivity contribution in [3.63, 3.8) is 0 Å². The summed E-state index contributed by atoms with van der Waals surface area (Å²) in [4.78, 5) is 12.8. The second-order valence-corrected chi connectivity index (χ2v) is 6.41. The summed E-state index contributed by atoms with van der Waals surface area (Å²) in [5.41, 5.74) is 0.718. The van der Waals surface area contributed by atoms with Gasteiger partial charge in [0.25, 0.3) is 0 Å². The predicted molar refractivity (Wildman–Crippen MR) is 97.7 cm³/mol. The average Bonchev–Trinajstić information content (AvgIpc) is 3.22. The molecule has 1 saturated heterocycles. The minimum Gasteiger partial charge on any atom is -0.373 e. The van der Waals surface area contributed by atoms with Crippen LogP contribution in [-0.4, -0.2) is 64.6 Å². The van der Waals surface area contributed by atoms with Crippen molar-refractivity contribution in [1.29, 1.82) is 0 Å². The van der Waals surface area contributed by atoms with Crippen LogP contribution in [0.15, 0.2) is 17.5 Å². The molecule has 0 saturated carbocycles. The molecule has 9 heteroatoms. The summed E-state index contributed by atoms with van der Waals surface area (Å²) in [6.07, 6.45) is 5.51. The standard InChI is InChI=1S/C16H26N8O/c1-16(5-4-8-25-16)10-20-15(17-2)19-7-6-18-13-12-9-23-24(3)14(12)22-11-21-13/h9,11H,4-8,10H2,1-3H3,(H2,17,19,20)(H,18,21,22). The van der Waals surface area contributed by atoms with E-state index >= 15 is 0 Å². The number of nitrogens with one attached hydrogen (secondary N) is 3. The lowest BCUT2D eigenvalue weighted by atomic mass is 10.0. The molecule has 0 spiro atoms. The molecule has 1 aliphatic rings. The van der Waals surface area contributed by atoms with E-state index in [1.54, 1.807) is 24.3 Å². The number of hydrogen-bond acceptors (Lipinski definition) is 6. The SMILES string of the molecule is CN=C(NCCNc1ncnc2c1cnn2C)NCC1(C)CCCO1. The van der Waals surface area contributed by atoms with E-state index in [1.165, 1.54) is 0 Å². The fraction of sp³-hybridized carbons (Fsp3) is 0.625. The van der Waals surface area contributed by atoms with Gasteiger partial charge in [-0.25, -0.2) is 9.97 Å². The van der Waals surface area contributed by atoms with Gasteiger partial charge in [0.05, 0.1) is 17.2 Å². The van der Waals surface area contributed by atoms with Crippen LogP contribution in [0, 0.1) is 0 Å². The van der Waals surface area contributed by atoms with Crippen molar-refractivity contribution in [2.75, 3.05) is 38.6 Å². The van der Waals surface area contributed by atoms with Gasteiger partial charge in [0.15, 0.2) is 11.6 Å². The topological polar surface area (TPSA) is 101 Å². The third-order valence-corrected chi connectivity index (χ3v) is 4.39. The molecule has 0 bridgehead atoms. The largest absolute Gasteiger partial charge is 0.373 e. The summed E-state index contributed by atoms with van der Waals surface area (Å²) in [5.74, 6) is 1.56. The number of aryl methyl sites for hydroxylation is 1. The van der Waals surface area contributed by atoms with Gasteiger partial charge in [-0.1, -0.05) is 0 Å². The first-order chi connectivity index (χ1) is 12.1. The van der Waals surface area contributed by atoms with E-state index in [0.29, 0.717) is 13.1 Å². The second-order valence-electron chi connectivity index (χ2n) is 6.41. The first-order valence-corrected chi connectivity index (χ1v) is 8.56. The van der Waals surface area contributed by atoms with Crippen LogP contribution in [0.1, 0.15) is 19.8 Å². The van der Waals surface area contributed by atoms with Crippen molar-refractivity contribution >= 4 is 22.8 Å². The van der Waals surface area contributed by atoms with E-state index in [-0.39, 0.29) is 5.60 Å². The maximum absolute atomic E-state index is 5.78. The molecule has 2 aromatic heterocycles. The van der Waals surface area contributed by atoms with Gasteiger partial charge < -0.3 is 20.7 Å². The molecule has 1 fully saturated rings. The predicted octanol–water partition coefficient (Wildman–Crippen LogP) is 0.509. The molecule has 0 aromatic carbocycles. The number of aromatic nitrogens is 4. The molecule has 9 nitrogen and oxygen atoms in total. The number of guanidine groups is 1. The summed E-state index contributed by atoms with van der Waals surface area (Å²) in [6.45, 7) is 5.15. The van der Waals surface area contributed by atoms with Gasteiger partial charge in [-0.3, -0.25) is 9.67 Å². The Hall–Kier alpha value is -2.42. The fourth-order valence-corrected chi connectivity index (χ4v) is 2.93. The van der Waals surface area contributed by atoms with Crippen LogP contribution in [0.25, 0.3) is 11.0 Å². The Kier molecular flexibility index (Phi) is 5.32. The first-order valence-electron chi connectivity index (χ1n) is 8.56. The van der Waals surface area contributed by atoms with Crippen LogP contribution in [-0.2, 0) is 11.8 Å². The fourth-order valence-electron chi connectivity index (χ4n) is 2.93. The molecule has 3 heterocycles. The van der Waals surface area contributed by atoms with Crippen LogP contribution < -0.4 is 16.0 Å². The van der Waals surface area contributed by atoms with Gasteiger partial charge in [0.1, 0.15) is 12.1 Å². The Labute approximate surface area is 147 Å². The molecule has 25 heavy (non-hydrogen) atoms. The molecule has 3 N–H and O–H groups in total. The van der Waals surface area contributed by atoms with Crippen molar-refractivity contribution in [2.24, 2.45) is 12.0 Å². The molecule has 1 aliphatic heterocycles. The lowest BCUT2D eigenvalue weighted by molar-refractivity contribution is 0.0243. The minimum atomic E-state index is -0.0945. The van der Waals surface area contributed by atoms with Crippen LogP contribution >= 0.6 is 0 Å². The maximum Gasteiger partial charge on any atom is 0.191 e. The highest BCUT2D eigenvalue weighted by Crippen LogP contribution is 2.23. The number of anilines is 1. The van der Waals surface area contributed by atoms with Crippen LogP contribution in [0.3, 0.4) is 0 Å². The number of nitrogens with zero attached hydrogens (tertiary/aromatic N) is 5. The van der Waals surface area contributed by atoms with E-state index in [0.717, 1.165) is 48.8 Å². The van der Waals surface area contributed by atoms with Crippen molar-refractivity contribution in [2.45, 2.75) is 25.4 Å². The molecule has 3 rings (SSSR count). The van der Waals surface area contributed by atoms with Crippen molar-refractivity contribution in [1.82, 2.24) is 30.4 Å². The Bertz CT molecular complexity index is 735. The molecule has 0 radical (unpaired) electrons. The monoisotopic (exact) mass is 346 g/mol. The van der Waals surface area contributed by atoms with E-state index in [2.05, 4.69) is 42.9 Å². The summed E-state index contributed by atoms with van der Waals surface area (Å²) < 4.78 is 7.52. The molecule has 0 aliphatic carbocycles. The average molecular weight is 346 g/mol. The van der Waals surface area contributed by atoms with Crippen molar-refractivity contribution in [3.8, 4) is 0 Å². The number of fused-ring (bicyclic) bond motifs is 1. The zero-order valence-corrected chi connectivity index (χ0v) is 15.0. The first kappa shape index (κ1) is 17.4.